The van der Waals surface area contributed by atoms with Gasteiger partial charge < -0.3 is 9.32 Å². The number of unbranched alkanes of at least 4 members (excludes halogenated alkanes) is 2. The zero-order chi connectivity index (χ0) is 18.2. The van der Waals surface area contributed by atoms with Crippen molar-refractivity contribution in [2.75, 3.05) is 6.54 Å². The van der Waals surface area contributed by atoms with Crippen LogP contribution in [0, 0.1) is 0 Å². The van der Waals surface area contributed by atoms with Gasteiger partial charge in [0, 0.05) is 31.0 Å². The second-order valence-electron chi connectivity index (χ2n) is 6.49. The van der Waals surface area contributed by atoms with Crippen LogP contribution < -0.4 is 0 Å². The predicted molar refractivity (Wildman–Crippen MR) is 102 cm³/mol. The summed E-state index contributed by atoms with van der Waals surface area (Å²) in [6.45, 7) is 7.11. The average molecular weight is 363 g/mol. The Morgan fingerprint density at radius 1 is 1.28 bits per heavy atom. The first-order valence-electron chi connectivity index (χ1n) is 9.02. The largest absolute Gasteiger partial charge is 0.441 e. The molecule has 4 nitrogen and oxygen atoms in total. The maximum absolute atomic E-state index is 12.5. The number of hydrogen-bond acceptors (Lipinski definition) is 3. The van der Waals surface area contributed by atoms with E-state index in [1.807, 2.05) is 29.2 Å². The summed E-state index contributed by atoms with van der Waals surface area (Å²) in [5.41, 5.74) is 0.817. The highest BCUT2D eigenvalue weighted by atomic mass is 35.5. The number of carbonyl (C=O) groups is 1. The average Bonchev–Trinajstić information content (AvgIpc) is 3.05. The van der Waals surface area contributed by atoms with Crippen molar-refractivity contribution in [1.82, 2.24) is 9.88 Å². The lowest BCUT2D eigenvalue weighted by molar-refractivity contribution is -0.133. The first-order valence-corrected chi connectivity index (χ1v) is 9.39. The number of hydrogen-bond donors (Lipinski definition) is 0. The van der Waals surface area contributed by atoms with Crippen LogP contribution in [0.15, 0.2) is 34.9 Å². The first-order chi connectivity index (χ1) is 12.0. The third-order valence-electron chi connectivity index (χ3n) is 4.19. The third-order valence-corrected chi connectivity index (χ3v) is 4.52. The smallest absolute Gasteiger partial charge is 0.223 e. The number of benzene rings is 1. The maximum Gasteiger partial charge on any atom is 0.223 e. The van der Waals surface area contributed by atoms with Gasteiger partial charge in [-0.05, 0) is 32.4 Å². The summed E-state index contributed by atoms with van der Waals surface area (Å²) in [4.78, 5) is 18.8. The molecule has 0 saturated carbocycles. The van der Waals surface area contributed by atoms with Crippen molar-refractivity contribution in [3.05, 3.63) is 41.4 Å². The van der Waals surface area contributed by atoms with Crippen LogP contribution >= 0.6 is 11.6 Å². The summed E-state index contributed by atoms with van der Waals surface area (Å²) in [5, 5.41) is 0.628. The number of nitrogens with zero attached hydrogens (tertiary/aromatic N) is 2. The molecule has 0 fully saturated rings. The van der Waals surface area contributed by atoms with Gasteiger partial charge in [-0.25, -0.2) is 4.98 Å². The molecule has 25 heavy (non-hydrogen) atoms. The van der Waals surface area contributed by atoms with Crippen molar-refractivity contribution in [2.45, 2.75) is 58.9 Å². The number of amides is 1. The number of aryl methyl sites for hydroxylation is 1. The fraction of sp³-hybridized carbons (Fsp3) is 0.500. The van der Waals surface area contributed by atoms with Crippen LogP contribution in [0.2, 0.25) is 5.02 Å². The molecule has 1 aromatic carbocycles. The third kappa shape index (κ3) is 5.60. The summed E-state index contributed by atoms with van der Waals surface area (Å²) in [7, 11) is 0. The van der Waals surface area contributed by atoms with Gasteiger partial charge >= 0.3 is 0 Å². The molecule has 0 radical (unpaired) electrons. The Bertz CT molecular complexity index is 682. The van der Waals surface area contributed by atoms with Crippen LogP contribution in [-0.4, -0.2) is 28.4 Å². The molecule has 0 bridgehead atoms. The Morgan fingerprint density at radius 2 is 2.04 bits per heavy atom. The van der Waals surface area contributed by atoms with E-state index in [1.165, 1.54) is 0 Å². The van der Waals surface area contributed by atoms with Crippen LogP contribution in [0.4, 0.5) is 0 Å². The van der Waals surface area contributed by atoms with E-state index in [2.05, 4.69) is 25.8 Å². The highest BCUT2D eigenvalue weighted by molar-refractivity contribution is 6.33. The zero-order valence-electron chi connectivity index (χ0n) is 15.3. The molecule has 136 valence electrons. The van der Waals surface area contributed by atoms with Gasteiger partial charge in [0.05, 0.1) is 11.2 Å². The minimum absolute atomic E-state index is 0.156. The highest BCUT2D eigenvalue weighted by Gasteiger charge is 2.17. The lowest BCUT2D eigenvalue weighted by Crippen LogP contribution is -2.37. The number of halogens is 1. The molecule has 0 aliphatic carbocycles. The molecule has 0 aliphatic rings. The number of aromatic nitrogens is 1. The molecule has 0 saturated heterocycles. The lowest BCUT2D eigenvalue weighted by Gasteiger charge is -2.26. The maximum atomic E-state index is 12.5. The van der Waals surface area contributed by atoms with Crippen LogP contribution in [0.1, 0.15) is 52.3 Å². The second-order valence-corrected chi connectivity index (χ2v) is 6.89. The van der Waals surface area contributed by atoms with E-state index in [9.17, 15) is 4.79 Å². The van der Waals surface area contributed by atoms with Crippen LogP contribution in [0.25, 0.3) is 11.3 Å². The van der Waals surface area contributed by atoms with E-state index in [0.717, 1.165) is 31.4 Å². The van der Waals surface area contributed by atoms with Gasteiger partial charge in [0.15, 0.2) is 11.7 Å². The lowest BCUT2D eigenvalue weighted by atomic mass is 10.2. The molecule has 0 N–H and O–H groups in total. The minimum atomic E-state index is 0.156. The fourth-order valence-electron chi connectivity index (χ4n) is 2.77. The summed E-state index contributed by atoms with van der Waals surface area (Å²) in [5.74, 6) is 1.36. The van der Waals surface area contributed by atoms with E-state index >= 15 is 0 Å². The number of oxazole rings is 1. The Hall–Kier alpha value is -1.81. The van der Waals surface area contributed by atoms with E-state index in [1.54, 1.807) is 6.20 Å². The van der Waals surface area contributed by atoms with Crippen LogP contribution in [0.3, 0.4) is 0 Å². The molecule has 0 unspecified atom stereocenters. The molecule has 1 amide bonds. The van der Waals surface area contributed by atoms with Gasteiger partial charge in [0.2, 0.25) is 5.91 Å². The first kappa shape index (κ1) is 19.5. The molecule has 0 spiro atoms. The Labute approximate surface area is 155 Å². The monoisotopic (exact) mass is 362 g/mol. The number of rotatable bonds is 9. The van der Waals surface area contributed by atoms with Crippen molar-refractivity contribution in [2.24, 2.45) is 0 Å². The standard InChI is InChI=1S/C20H27ClN2O2/c1-4-5-8-13-23(15(2)3)20(24)12-11-19-22-14-18(25-19)16-9-6-7-10-17(16)21/h6-7,9-10,14-15H,4-5,8,11-13H2,1-3H3. The molecule has 0 atom stereocenters. The van der Waals surface area contributed by atoms with Gasteiger partial charge in [0.1, 0.15) is 0 Å². The Morgan fingerprint density at radius 3 is 2.72 bits per heavy atom. The van der Waals surface area contributed by atoms with Crippen molar-refractivity contribution < 1.29 is 9.21 Å². The van der Waals surface area contributed by atoms with Gasteiger partial charge in [-0.1, -0.05) is 43.5 Å². The van der Waals surface area contributed by atoms with E-state index in [0.29, 0.717) is 29.5 Å². The van der Waals surface area contributed by atoms with Crippen molar-refractivity contribution in [1.29, 1.82) is 0 Å². The summed E-state index contributed by atoms with van der Waals surface area (Å²) >= 11 is 6.18. The highest BCUT2D eigenvalue weighted by Crippen LogP contribution is 2.28. The van der Waals surface area contributed by atoms with Gasteiger partial charge in [-0.3, -0.25) is 4.79 Å². The summed E-state index contributed by atoms with van der Waals surface area (Å²) in [6.07, 6.45) is 5.93. The SMILES string of the molecule is CCCCCN(C(=O)CCc1ncc(-c2ccccc2Cl)o1)C(C)C. The van der Waals surface area contributed by atoms with E-state index < -0.39 is 0 Å². The van der Waals surface area contributed by atoms with Gasteiger partial charge in [-0.15, -0.1) is 0 Å². The van der Waals surface area contributed by atoms with Crippen LogP contribution in [0.5, 0.6) is 0 Å². The normalized spacial score (nSPS) is 11.1. The zero-order valence-corrected chi connectivity index (χ0v) is 16.1. The van der Waals surface area contributed by atoms with Crippen molar-refractivity contribution in [3.8, 4) is 11.3 Å². The molecular weight excluding hydrogens is 336 g/mol. The van der Waals surface area contributed by atoms with Crippen molar-refractivity contribution in [3.63, 3.8) is 0 Å². The molecule has 2 aromatic rings. The molecular formula is C20H27ClN2O2. The van der Waals surface area contributed by atoms with E-state index in [-0.39, 0.29) is 11.9 Å². The van der Waals surface area contributed by atoms with Gasteiger partial charge in [-0.2, -0.15) is 0 Å². The molecule has 2 rings (SSSR count). The Kier molecular flexibility index (Phi) is 7.51. The van der Waals surface area contributed by atoms with E-state index in [4.69, 9.17) is 16.0 Å². The summed E-state index contributed by atoms with van der Waals surface area (Å²) in [6, 6.07) is 7.71. The van der Waals surface area contributed by atoms with Gasteiger partial charge in [0.25, 0.3) is 0 Å². The van der Waals surface area contributed by atoms with Crippen LogP contribution in [-0.2, 0) is 11.2 Å². The quantitative estimate of drug-likeness (QED) is 0.564. The Balaban J connectivity index is 1.94. The topological polar surface area (TPSA) is 46.3 Å². The molecule has 0 aliphatic heterocycles. The molecule has 5 heteroatoms. The number of carbonyl (C=O) groups excluding carboxylic acids is 1. The minimum Gasteiger partial charge on any atom is -0.441 e. The fourth-order valence-corrected chi connectivity index (χ4v) is 3.00. The predicted octanol–water partition coefficient (Wildman–Crippen LogP) is 5.35. The summed E-state index contributed by atoms with van der Waals surface area (Å²) < 4.78 is 5.77. The molecule has 1 heterocycles. The second kappa shape index (κ2) is 9.62. The van der Waals surface area contributed by atoms with Crippen molar-refractivity contribution >= 4 is 17.5 Å². The molecule has 1 aromatic heterocycles.